The van der Waals surface area contributed by atoms with Gasteiger partial charge in [-0.25, -0.2) is 4.98 Å². The Labute approximate surface area is 152 Å². The molecule has 0 aliphatic carbocycles. The molecule has 2 heterocycles. The first-order chi connectivity index (χ1) is 12.5. The van der Waals surface area contributed by atoms with Gasteiger partial charge in [0.05, 0.1) is 26.0 Å². The van der Waals surface area contributed by atoms with Gasteiger partial charge < -0.3 is 20.3 Å². The van der Waals surface area contributed by atoms with Crippen LogP contribution in [-0.4, -0.2) is 30.3 Å². The normalized spacial score (nSPS) is 12.2. The minimum atomic E-state index is -0.250. The molecule has 1 aromatic carbocycles. The van der Waals surface area contributed by atoms with Crippen molar-refractivity contribution >= 4 is 12.3 Å². The number of benzene rings is 1. The van der Waals surface area contributed by atoms with Crippen molar-refractivity contribution < 1.29 is 19.4 Å². The summed E-state index contributed by atoms with van der Waals surface area (Å²) in [5.74, 6) is 1.12. The predicted molar refractivity (Wildman–Crippen MR) is 96.9 cm³/mol. The highest BCUT2D eigenvalue weighted by atomic mass is 16.5. The van der Waals surface area contributed by atoms with E-state index in [0.29, 0.717) is 25.2 Å². The third-order valence-electron chi connectivity index (χ3n) is 4.26. The van der Waals surface area contributed by atoms with Crippen molar-refractivity contribution in [3.8, 4) is 22.9 Å². The van der Waals surface area contributed by atoms with Crippen LogP contribution in [0.1, 0.15) is 27.9 Å². The quantitative estimate of drug-likeness (QED) is 0.795. The van der Waals surface area contributed by atoms with Crippen LogP contribution in [0.15, 0.2) is 12.1 Å². The standard InChI is InChI=1S/C18H19N3O2.CH2O2/c1-10-7-16(22-3)11(2)6-12(10)17-13(8-19)18(20)21-15-4-5-23-9-14(15)17;2-1-3/h6-7H,4-5,9H2,1-3H3,(H2,20,21);1H,(H,2,3). The molecule has 0 saturated heterocycles. The van der Waals surface area contributed by atoms with Crippen molar-refractivity contribution in [3.05, 3.63) is 40.1 Å². The van der Waals surface area contributed by atoms with Crippen LogP contribution in [0.25, 0.3) is 11.1 Å². The number of nitriles is 1. The number of ether oxygens (including phenoxy) is 2. The van der Waals surface area contributed by atoms with Gasteiger partial charge >= 0.3 is 0 Å². The number of nitrogens with zero attached hydrogens (tertiary/aromatic N) is 2. The fourth-order valence-electron chi connectivity index (χ4n) is 3.09. The molecule has 0 spiro atoms. The van der Waals surface area contributed by atoms with Gasteiger partial charge in [-0.05, 0) is 42.7 Å². The molecule has 1 aromatic heterocycles. The van der Waals surface area contributed by atoms with Gasteiger partial charge in [0.1, 0.15) is 23.2 Å². The molecule has 7 heteroatoms. The minimum absolute atomic E-state index is 0.250. The third-order valence-corrected chi connectivity index (χ3v) is 4.26. The van der Waals surface area contributed by atoms with Crippen LogP contribution < -0.4 is 10.5 Å². The zero-order valence-electron chi connectivity index (χ0n) is 15.0. The first-order valence-corrected chi connectivity index (χ1v) is 8.00. The van der Waals surface area contributed by atoms with Crippen LogP contribution in [0, 0.1) is 25.2 Å². The molecule has 3 N–H and O–H groups in total. The van der Waals surface area contributed by atoms with Crippen molar-refractivity contribution in [2.45, 2.75) is 26.9 Å². The number of hydrogen-bond acceptors (Lipinski definition) is 6. The predicted octanol–water partition coefficient (Wildman–Crippen LogP) is 2.60. The zero-order chi connectivity index (χ0) is 19.3. The molecular weight excluding hydrogens is 334 g/mol. The maximum atomic E-state index is 9.59. The number of methoxy groups -OCH3 is 1. The Balaban J connectivity index is 0.000000758. The zero-order valence-corrected chi connectivity index (χ0v) is 15.0. The molecule has 7 nitrogen and oxygen atoms in total. The Morgan fingerprint density at radius 3 is 2.69 bits per heavy atom. The van der Waals surface area contributed by atoms with Crippen LogP contribution in [0.4, 0.5) is 5.82 Å². The van der Waals surface area contributed by atoms with E-state index in [1.807, 2.05) is 26.0 Å². The molecular formula is C19H21N3O4. The van der Waals surface area contributed by atoms with E-state index < -0.39 is 0 Å². The molecule has 1 aliphatic heterocycles. The number of carboxylic acid groups (broad SMARTS) is 1. The molecule has 0 bridgehead atoms. The number of pyridine rings is 1. The molecule has 136 valence electrons. The molecule has 1 aliphatic rings. The Morgan fingerprint density at radius 1 is 1.38 bits per heavy atom. The topological polar surface area (TPSA) is 118 Å². The monoisotopic (exact) mass is 355 g/mol. The first kappa shape index (κ1) is 19.2. The van der Waals surface area contributed by atoms with E-state index in [9.17, 15) is 5.26 Å². The van der Waals surface area contributed by atoms with Gasteiger partial charge in [0.15, 0.2) is 0 Å². The number of nitrogen functional groups attached to an aromatic ring is 1. The van der Waals surface area contributed by atoms with Gasteiger partial charge in [0.2, 0.25) is 0 Å². The highest BCUT2D eigenvalue weighted by Crippen LogP contribution is 2.38. The lowest BCUT2D eigenvalue weighted by atomic mass is 9.89. The summed E-state index contributed by atoms with van der Waals surface area (Å²) < 4.78 is 11.0. The average molecular weight is 355 g/mol. The van der Waals surface area contributed by atoms with Crippen LogP contribution in [-0.2, 0) is 22.6 Å². The molecule has 2 aromatic rings. The molecule has 0 atom stereocenters. The summed E-state index contributed by atoms with van der Waals surface area (Å²) in [5.41, 5.74) is 12.2. The van der Waals surface area contributed by atoms with E-state index >= 15 is 0 Å². The second kappa shape index (κ2) is 8.32. The summed E-state index contributed by atoms with van der Waals surface area (Å²) in [6.07, 6.45) is 0.715. The molecule has 0 amide bonds. The highest BCUT2D eigenvalue weighted by molar-refractivity contribution is 5.82. The van der Waals surface area contributed by atoms with Gasteiger partial charge in [-0.3, -0.25) is 4.79 Å². The number of nitrogens with two attached hydrogens (primary N) is 1. The lowest BCUT2D eigenvalue weighted by Crippen LogP contribution is -2.16. The van der Waals surface area contributed by atoms with Crippen molar-refractivity contribution in [2.75, 3.05) is 19.5 Å². The minimum Gasteiger partial charge on any atom is -0.496 e. The fourth-order valence-corrected chi connectivity index (χ4v) is 3.09. The SMILES string of the molecule is COc1cc(C)c(-c2c(C#N)c(N)nc3c2COCC3)cc1C.O=CO. The number of anilines is 1. The third kappa shape index (κ3) is 3.60. The van der Waals surface area contributed by atoms with Crippen molar-refractivity contribution in [3.63, 3.8) is 0 Å². The van der Waals surface area contributed by atoms with Crippen LogP contribution in [0.5, 0.6) is 5.75 Å². The van der Waals surface area contributed by atoms with E-state index in [-0.39, 0.29) is 12.3 Å². The summed E-state index contributed by atoms with van der Waals surface area (Å²) in [6.45, 7) is 4.83. The van der Waals surface area contributed by atoms with E-state index in [0.717, 1.165) is 39.3 Å². The average Bonchev–Trinajstić information content (AvgIpc) is 2.63. The summed E-state index contributed by atoms with van der Waals surface area (Å²) in [7, 11) is 1.66. The number of hydrogen-bond donors (Lipinski definition) is 2. The smallest absolute Gasteiger partial charge is 0.290 e. The van der Waals surface area contributed by atoms with E-state index in [4.69, 9.17) is 25.1 Å². The summed E-state index contributed by atoms with van der Waals surface area (Å²) >= 11 is 0. The van der Waals surface area contributed by atoms with Gasteiger partial charge in [0, 0.05) is 17.5 Å². The summed E-state index contributed by atoms with van der Waals surface area (Å²) in [6, 6.07) is 6.24. The maximum Gasteiger partial charge on any atom is 0.290 e. The van der Waals surface area contributed by atoms with Crippen LogP contribution in [0.3, 0.4) is 0 Å². The van der Waals surface area contributed by atoms with Gasteiger partial charge in [0.25, 0.3) is 6.47 Å². The lowest BCUT2D eigenvalue weighted by molar-refractivity contribution is -0.122. The molecule has 0 radical (unpaired) electrons. The van der Waals surface area contributed by atoms with Gasteiger partial charge in [-0.2, -0.15) is 5.26 Å². The summed E-state index contributed by atoms with van der Waals surface area (Å²) in [4.78, 5) is 12.8. The van der Waals surface area contributed by atoms with Crippen LogP contribution in [0.2, 0.25) is 0 Å². The second-order valence-electron chi connectivity index (χ2n) is 5.83. The van der Waals surface area contributed by atoms with E-state index in [2.05, 4.69) is 11.1 Å². The molecule has 26 heavy (non-hydrogen) atoms. The van der Waals surface area contributed by atoms with E-state index in [1.165, 1.54) is 0 Å². The molecule has 0 fully saturated rings. The van der Waals surface area contributed by atoms with Gasteiger partial charge in [-0.1, -0.05) is 0 Å². The molecule has 3 rings (SSSR count). The van der Waals surface area contributed by atoms with Crippen LogP contribution >= 0.6 is 0 Å². The maximum absolute atomic E-state index is 9.59. The first-order valence-electron chi connectivity index (χ1n) is 8.00. The Hall–Kier alpha value is -3.11. The number of fused-ring (bicyclic) bond motifs is 1. The number of rotatable bonds is 2. The molecule has 0 saturated carbocycles. The molecule has 0 unspecified atom stereocenters. The van der Waals surface area contributed by atoms with E-state index in [1.54, 1.807) is 7.11 Å². The second-order valence-corrected chi connectivity index (χ2v) is 5.83. The Bertz CT molecular complexity index is 872. The lowest BCUT2D eigenvalue weighted by Gasteiger charge is -2.22. The number of aryl methyl sites for hydroxylation is 2. The van der Waals surface area contributed by atoms with Crippen molar-refractivity contribution in [1.29, 1.82) is 5.26 Å². The van der Waals surface area contributed by atoms with Gasteiger partial charge in [-0.15, -0.1) is 0 Å². The Kier molecular flexibility index (Phi) is 6.15. The van der Waals surface area contributed by atoms with Crippen molar-refractivity contribution in [2.24, 2.45) is 0 Å². The largest absolute Gasteiger partial charge is 0.496 e. The number of carbonyl (C=O) groups is 1. The van der Waals surface area contributed by atoms with Crippen molar-refractivity contribution in [1.82, 2.24) is 4.98 Å². The highest BCUT2D eigenvalue weighted by Gasteiger charge is 2.23. The fraction of sp³-hybridized carbons (Fsp3) is 0.316. The Morgan fingerprint density at radius 2 is 2.08 bits per heavy atom. The number of aromatic nitrogens is 1. The summed E-state index contributed by atoms with van der Waals surface area (Å²) in [5, 5.41) is 16.5.